The highest BCUT2D eigenvalue weighted by Gasteiger charge is 2.17. The Balaban J connectivity index is 2.07. The van der Waals surface area contributed by atoms with Crippen molar-refractivity contribution in [3.63, 3.8) is 0 Å². The van der Waals surface area contributed by atoms with Crippen LogP contribution in [0, 0.1) is 0 Å². The fourth-order valence-electron chi connectivity index (χ4n) is 1.78. The Bertz CT molecular complexity index is 653. The Morgan fingerprint density at radius 3 is 2.59 bits per heavy atom. The zero-order valence-electron chi connectivity index (χ0n) is 12.6. The molecule has 22 heavy (non-hydrogen) atoms. The highest BCUT2D eigenvalue weighted by Crippen LogP contribution is 2.07. The molecular weight excluding hydrogens is 284 g/mol. The van der Waals surface area contributed by atoms with E-state index in [0.29, 0.717) is 11.3 Å². The summed E-state index contributed by atoms with van der Waals surface area (Å²) < 4.78 is 1.50. The highest BCUT2D eigenvalue weighted by atomic mass is 16.2. The number of nitrogens with zero attached hydrogens (tertiary/aromatic N) is 4. The largest absolute Gasteiger partial charge is 0.352 e. The fourth-order valence-corrected chi connectivity index (χ4v) is 1.78. The van der Waals surface area contributed by atoms with Crippen molar-refractivity contribution in [2.45, 2.75) is 32.9 Å². The third-order valence-corrected chi connectivity index (χ3v) is 2.84. The number of carbonyl (C=O) groups is 2. The Morgan fingerprint density at radius 2 is 1.95 bits per heavy atom. The van der Waals surface area contributed by atoms with E-state index < -0.39 is 6.04 Å². The normalized spacial score (nSPS) is 12.0. The zero-order valence-corrected chi connectivity index (χ0v) is 12.6. The SMILES string of the molecule is CC(C)NC(=O)C(C)NC(=O)c1cncc(-n2ccnn2)c1. The van der Waals surface area contributed by atoms with Crippen LogP contribution >= 0.6 is 0 Å². The summed E-state index contributed by atoms with van der Waals surface area (Å²) in [5, 5.41) is 12.9. The molecule has 1 atom stereocenters. The average Bonchev–Trinajstić information content (AvgIpc) is 3.00. The Labute approximate surface area is 127 Å². The number of aromatic nitrogens is 4. The maximum absolute atomic E-state index is 12.2. The van der Waals surface area contributed by atoms with Crippen LogP contribution in [0.3, 0.4) is 0 Å². The molecule has 2 aromatic rings. The van der Waals surface area contributed by atoms with Crippen LogP contribution in [0.4, 0.5) is 0 Å². The lowest BCUT2D eigenvalue weighted by atomic mass is 10.2. The Kier molecular flexibility index (Phi) is 4.82. The summed E-state index contributed by atoms with van der Waals surface area (Å²) in [6.07, 6.45) is 6.19. The molecule has 8 heteroatoms. The first-order valence-electron chi connectivity index (χ1n) is 6.90. The van der Waals surface area contributed by atoms with Gasteiger partial charge in [0.25, 0.3) is 5.91 Å². The molecule has 0 fully saturated rings. The molecule has 0 radical (unpaired) electrons. The topological polar surface area (TPSA) is 102 Å². The number of nitrogens with one attached hydrogen (secondary N) is 2. The van der Waals surface area contributed by atoms with Crippen molar-refractivity contribution in [1.82, 2.24) is 30.6 Å². The van der Waals surface area contributed by atoms with Gasteiger partial charge in [0.1, 0.15) is 6.04 Å². The van der Waals surface area contributed by atoms with Crippen LogP contribution in [0.1, 0.15) is 31.1 Å². The van der Waals surface area contributed by atoms with Gasteiger partial charge < -0.3 is 10.6 Å². The summed E-state index contributed by atoms with van der Waals surface area (Å²) in [7, 11) is 0. The number of carbonyl (C=O) groups excluding carboxylic acids is 2. The molecule has 0 bridgehead atoms. The number of hydrogen-bond donors (Lipinski definition) is 2. The van der Waals surface area contributed by atoms with Crippen molar-refractivity contribution in [3.8, 4) is 5.69 Å². The third kappa shape index (κ3) is 3.87. The van der Waals surface area contributed by atoms with Gasteiger partial charge in [-0.15, -0.1) is 5.10 Å². The third-order valence-electron chi connectivity index (χ3n) is 2.84. The van der Waals surface area contributed by atoms with Crippen LogP contribution in [0.15, 0.2) is 30.9 Å². The minimum atomic E-state index is -0.634. The molecule has 0 aliphatic rings. The molecule has 2 rings (SSSR count). The first kappa shape index (κ1) is 15.6. The highest BCUT2D eigenvalue weighted by molar-refractivity contribution is 5.97. The van der Waals surface area contributed by atoms with E-state index in [1.807, 2.05) is 13.8 Å². The summed E-state index contributed by atoms with van der Waals surface area (Å²) in [4.78, 5) is 28.0. The van der Waals surface area contributed by atoms with E-state index in [4.69, 9.17) is 0 Å². The molecule has 0 spiro atoms. The van der Waals surface area contributed by atoms with Gasteiger partial charge in [-0.2, -0.15) is 0 Å². The smallest absolute Gasteiger partial charge is 0.253 e. The van der Waals surface area contributed by atoms with Gasteiger partial charge in [0, 0.05) is 12.2 Å². The summed E-state index contributed by atoms with van der Waals surface area (Å²) in [5.41, 5.74) is 0.960. The molecule has 2 heterocycles. The molecule has 0 aliphatic carbocycles. The first-order chi connectivity index (χ1) is 10.5. The summed E-state index contributed by atoms with van der Waals surface area (Å²) >= 11 is 0. The molecule has 0 aromatic carbocycles. The van der Waals surface area contributed by atoms with Crippen LogP contribution in [0.25, 0.3) is 5.69 Å². The molecule has 0 saturated heterocycles. The standard InChI is InChI=1S/C14H18N6O2/c1-9(2)17-13(21)10(3)18-14(22)11-6-12(8-15-7-11)20-5-4-16-19-20/h4-10H,1-3H3,(H,17,21)(H,18,22). The van der Waals surface area contributed by atoms with Gasteiger partial charge in [0.15, 0.2) is 0 Å². The number of amides is 2. The number of pyridine rings is 1. The molecular formula is C14H18N6O2. The zero-order chi connectivity index (χ0) is 16.1. The second-order valence-electron chi connectivity index (χ2n) is 5.14. The molecule has 8 nitrogen and oxygen atoms in total. The van der Waals surface area contributed by atoms with E-state index in [-0.39, 0.29) is 17.9 Å². The second-order valence-corrected chi connectivity index (χ2v) is 5.14. The number of rotatable bonds is 5. The van der Waals surface area contributed by atoms with Crippen molar-refractivity contribution < 1.29 is 9.59 Å². The lowest BCUT2D eigenvalue weighted by Gasteiger charge is -2.16. The lowest BCUT2D eigenvalue weighted by molar-refractivity contribution is -0.123. The van der Waals surface area contributed by atoms with Gasteiger partial charge in [-0.3, -0.25) is 14.6 Å². The molecule has 2 amide bonds. The summed E-state index contributed by atoms with van der Waals surface area (Å²) in [6.45, 7) is 5.35. The number of hydrogen-bond acceptors (Lipinski definition) is 5. The minimum Gasteiger partial charge on any atom is -0.352 e. The van der Waals surface area contributed by atoms with Crippen molar-refractivity contribution >= 4 is 11.8 Å². The Hall–Kier alpha value is -2.77. The van der Waals surface area contributed by atoms with Gasteiger partial charge in [-0.05, 0) is 26.8 Å². The van der Waals surface area contributed by atoms with E-state index in [1.165, 1.54) is 17.1 Å². The van der Waals surface area contributed by atoms with E-state index in [0.717, 1.165) is 0 Å². The van der Waals surface area contributed by atoms with Gasteiger partial charge in [-0.25, -0.2) is 4.68 Å². The van der Waals surface area contributed by atoms with Crippen LogP contribution in [0.2, 0.25) is 0 Å². The predicted octanol–water partition coefficient (Wildman–Crippen LogP) is 0.305. The van der Waals surface area contributed by atoms with Crippen molar-refractivity contribution in [2.24, 2.45) is 0 Å². The van der Waals surface area contributed by atoms with E-state index in [2.05, 4.69) is 25.9 Å². The van der Waals surface area contributed by atoms with Crippen LogP contribution in [-0.4, -0.2) is 43.9 Å². The first-order valence-corrected chi connectivity index (χ1v) is 6.90. The van der Waals surface area contributed by atoms with Crippen molar-refractivity contribution in [2.75, 3.05) is 0 Å². The molecule has 2 aromatic heterocycles. The lowest BCUT2D eigenvalue weighted by Crippen LogP contribution is -2.46. The molecule has 2 N–H and O–H groups in total. The summed E-state index contributed by atoms with van der Waals surface area (Å²) in [5.74, 6) is -0.607. The average molecular weight is 302 g/mol. The van der Waals surface area contributed by atoms with E-state index >= 15 is 0 Å². The monoisotopic (exact) mass is 302 g/mol. The van der Waals surface area contributed by atoms with Crippen LogP contribution in [-0.2, 0) is 4.79 Å². The molecule has 1 unspecified atom stereocenters. The van der Waals surface area contributed by atoms with E-state index in [1.54, 1.807) is 25.4 Å². The molecule has 0 aliphatic heterocycles. The van der Waals surface area contributed by atoms with Gasteiger partial charge >= 0.3 is 0 Å². The van der Waals surface area contributed by atoms with Crippen LogP contribution in [0.5, 0.6) is 0 Å². The van der Waals surface area contributed by atoms with Gasteiger partial charge in [-0.1, -0.05) is 5.21 Å². The Morgan fingerprint density at radius 1 is 1.18 bits per heavy atom. The maximum atomic E-state index is 12.2. The quantitative estimate of drug-likeness (QED) is 0.827. The molecule has 116 valence electrons. The van der Waals surface area contributed by atoms with Gasteiger partial charge in [0.05, 0.1) is 29.8 Å². The second kappa shape index (κ2) is 6.79. The van der Waals surface area contributed by atoms with E-state index in [9.17, 15) is 9.59 Å². The summed E-state index contributed by atoms with van der Waals surface area (Å²) in [6, 6.07) is 1.01. The van der Waals surface area contributed by atoms with Gasteiger partial charge in [0.2, 0.25) is 5.91 Å². The van der Waals surface area contributed by atoms with Crippen molar-refractivity contribution in [1.29, 1.82) is 0 Å². The van der Waals surface area contributed by atoms with Crippen LogP contribution < -0.4 is 10.6 Å². The minimum absolute atomic E-state index is 0.0177. The molecule has 0 saturated carbocycles. The maximum Gasteiger partial charge on any atom is 0.253 e. The fraction of sp³-hybridized carbons (Fsp3) is 0.357. The van der Waals surface area contributed by atoms with Crippen molar-refractivity contribution in [3.05, 3.63) is 36.4 Å². The predicted molar refractivity (Wildman–Crippen MR) is 79.4 cm³/mol.